The second kappa shape index (κ2) is 5.16. The topological polar surface area (TPSA) is 26.0 Å². The van der Waals surface area contributed by atoms with Crippen LogP contribution in [0.4, 0.5) is 0 Å². The van der Waals surface area contributed by atoms with Gasteiger partial charge in [-0.05, 0) is 40.1 Å². The molecule has 3 aromatic rings. The van der Waals surface area contributed by atoms with Crippen molar-refractivity contribution in [2.24, 2.45) is 5.73 Å². The van der Waals surface area contributed by atoms with E-state index in [2.05, 4.69) is 70.5 Å². The summed E-state index contributed by atoms with van der Waals surface area (Å²) in [6.07, 6.45) is 0. The summed E-state index contributed by atoms with van der Waals surface area (Å²) in [6.45, 7) is 0. The number of halogens is 1. The molecule has 0 aliphatic heterocycles. The highest BCUT2D eigenvalue weighted by molar-refractivity contribution is 9.10. The van der Waals surface area contributed by atoms with Crippen LogP contribution in [-0.2, 0) is 0 Å². The average molecular weight is 312 g/mol. The predicted molar refractivity (Wildman–Crippen MR) is 84.1 cm³/mol. The summed E-state index contributed by atoms with van der Waals surface area (Å²) in [6, 6.07) is 22.8. The van der Waals surface area contributed by atoms with Crippen LogP contribution in [0.3, 0.4) is 0 Å². The van der Waals surface area contributed by atoms with Crippen molar-refractivity contribution in [3.63, 3.8) is 0 Å². The minimum atomic E-state index is -0.0953. The fourth-order valence-corrected chi connectivity index (χ4v) is 2.71. The van der Waals surface area contributed by atoms with Crippen LogP contribution in [0.5, 0.6) is 0 Å². The first kappa shape index (κ1) is 12.4. The second-order valence-corrected chi connectivity index (χ2v) is 5.55. The van der Waals surface area contributed by atoms with Crippen molar-refractivity contribution in [3.8, 4) is 0 Å². The summed E-state index contributed by atoms with van der Waals surface area (Å²) in [5.74, 6) is 0. The van der Waals surface area contributed by atoms with E-state index >= 15 is 0 Å². The predicted octanol–water partition coefficient (Wildman–Crippen LogP) is 4.65. The first-order chi connectivity index (χ1) is 9.24. The molecule has 1 nitrogen and oxygen atoms in total. The van der Waals surface area contributed by atoms with Gasteiger partial charge in [-0.25, -0.2) is 0 Å². The van der Waals surface area contributed by atoms with Crippen LogP contribution in [0.15, 0.2) is 71.2 Å². The molecule has 0 bridgehead atoms. The Kier molecular flexibility index (Phi) is 3.36. The molecule has 0 aromatic heterocycles. The van der Waals surface area contributed by atoms with Crippen molar-refractivity contribution in [1.82, 2.24) is 0 Å². The zero-order chi connectivity index (χ0) is 13.2. The van der Waals surface area contributed by atoms with Crippen molar-refractivity contribution >= 4 is 26.7 Å². The number of hydrogen-bond donors (Lipinski definition) is 1. The SMILES string of the molecule is NC(c1cccc(Br)c1)c1ccc2ccccc2c1. The molecule has 1 unspecified atom stereocenters. The minimum Gasteiger partial charge on any atom is -0.320 e. The molecule has 0 spiro atoms. The van der Waals surface area contributed by atoms with Gasteiger partial charge in [0.15, 0.2) is 0 Å². The normalized spacial score (nSPS) is 12.5. The summed E-state index contributed by atoms with van der Waals surface area (Å²) < 4.78 is 1.06. The van der Waals surface area contributed by atoms with Crippen molar-refractivity contribution < 1.29 is 0 Å². The Hall–Kier alpha value is -1.64. The van der Waals surface area contributed by atoms with E-state index < -0.39 is 0 Å². The third-order valence-electron chi connectivity index (χ3n) is 3.34. The largest absolute Gasteiger partial charge is 0.320 e. The van der Waals surface area contributed by atoms with E-state index in [1.807, 2.05) is 12.1 Å². The zero-order valence-corrected chi connectivity index (χ0v) is 12.0. The van der Waals surface area contributed by atoms with Crippen molar-refractivity contribution in [1.29, 1.82) is 0 Å². The maximum absolute atomic E-state index is 6.36. The van der Waals surface area contributed by atoms with Crippen LogP contribution >= 0.6 is 15.9 Å². The van der Waals surface area contributed by atoms with Crippen LogP contribution in [0, 0.1) is 0 Å². The third-order valence-corrected chi connectivity index (χ3v) is 3.83. The minimum absolute atomic E-state index is 0.0953. The maximum atomic E-state index is 6.36. The Morgan fingerprint density at radius 3 is 2.26 bits per heavy atom. The zero-order valence-electron chi connectivity index (χ0n) is 10.4. The van der Waals surface area contributed by atoms with Gasteiger partial charge in [-0.1, -0.05) is 64.5 Å². The van der Waals surface area contributed by atoms with E-state index in [1.165, 1.54) is 10.8 Å². The molecular formula is C17H14BrN. The monoisotopic (exact) mass is 311 g/mol. The van der Waals surface area contributed by atoms with Gasteiger partial charge < -0.3 is 5.73 Å². The van der Waals surface area contributed by atoms with Gasteiger partial charge in [0.25, 0.3) is 0 Å². The Bertz CT molecular complexity index is 721. The molecule has 0 aliphatic carbocycles. The average Bonchev–Trinajstić information content (AvgIpc) is 2.46. The van der Waals surface area contributed by atoms with Gasteiger partial charge in [0.2, 0.25) is 0 Å². The fraction of sp³-hybridized carbons (Fsp3) is 0.0588. The van der Waals surface area contributed by atoms with Crippen LogP contribution in [0.25, 0.3) is 10.8 Å². The molecule has 0 aliphatic rings. The van der Waals surface area contributed by atoms with Gasteiger partial charge in [0, 0.05) is 4.47 Å². The van der Waals surface area contributed by atoms with Gasteiger partial charge in [-0.3, -0.25) is 0 Å². The van der Waals surface area contributed by atoms with Crippen LogP contribution in [0.2, 0.25) is 0 Å². The lowest BCUT2D eigenvalue weighted by atomic mass is 9.97. The van der Waals surface area contributed by atoms with Gasteiger partial charge in [0.05, 0.1) is 6.04 Å². The lowest BCUT2D eigenvalue weighted by molar-refractivity contribution is 0.872. The molecule has 3 aromatic carbocycles. The molecule has 0 amide bonds. The highest BCUT2D eigenvalue weighted by Crippen LogP contribution is 2.25. The third kappa shape index (κ3) is 2.55. The molecule has 3 rings (SSSR count). The first-order valence-corrected chi connectivity index (χ1v) is 7.03. The fourth-order valence-electron chi connectivity index (χ4n) is 2.29. The van der Waals surface area contributed by atoms with Crippen LogP contribution in [-0.4, -0.2) is 0 Å². The van der Waals surface area contributed by atoms with E-state index in [0.717, 1.165) is 15.6 Å². The molecule has 1 atom stereocenters. The van der Waals surface area contributed by atoms with E-state index in [-0.39, 0.29) is 6.04 Å². The second-order valence-electron chi connectivity index (χ2n) is 4.64. The molecule has 19 heavy (non-hydrogen) atoms. The van der Waals surface area contributed by atoms with Gasteiger partial charge in [0.1, 0.15) is 0 Å². The summed E-state index contributed by atoms with van der Waals surface area (Å²) in [5, 5.41) is 2.47. The number of nitrogens with two attached hydrogens (primary N) is 1. The maximum Gasteiger partial charge on any atom is 0.0552 e. The Balaban J connectivity index is 2.04. The number of hydrogen-bond acceptors (Lipinski definition) is 1. The van der Waals surface area contributed by atoms with Crippen LogP contribution < -0.4 is 5.73 Å². The summed E-state index contributed by atoms with van der Waals surface area (Å²) in [7, 11) is 0. The number of benzene rings is 3. The number of fused-ring (bicyclic) bond motifs is 1. The molecule has 2 heteroatoms. The van der Waals surface area contributed by atoms with E-state index in [1.54, 1.807) is 0 Å². The highest BCUT2D eigenvalue weighted by atomic mass is 79.9. The highest BCUT2D eigenvalue weighted by Gasteiger charge is 2.09. The lowest BCUT2D eigenvalue weighted by Gasteiger charge is -2.13. The Morgan fingerprint density at radius 1 is 0.737 bits per heavy atom. The molecule has 0 fully saturated rings. The van der Waals surface area contributed by atoms with E-state index in [4.69, 9.17) is 5.73 Å². The standard InChI is InChI=1S/C17H14BrN/c18-16-7-3-6-14(11-16)17(19)15-9-8-12-4-1-2-5-13(12)10-15/h1-11,17H,19H2. The smallest absolute Gasteiger partial charge is 0.0552 e. The Labute approximate surface area is 121 Å². The molecule has 0 saturated heterocycles. The molecule has 94 valence electrons. The van der Waals surface area contributed by atoms with Crippen molar-refractivity contribution in [2.75, 3.05) is 0 Å². The van der Waals surface area contributed by atoms with E-state index in [0.29, 0.717) is 0 Å². The van der Waals surface area contributed by atoms with Crippen LogP contribution in [0.1, 0.15) is 17.2 Å². The van der Waals surface area contributed by atoms with Gasteiger partial charge in [-0.15, -0.1) is 0 Å². The molecule has 0 heterocycles. The summed E-state index contributed by atoms with van der Waals surface area (Å²) in [5.41, 5.74) is 8.61. The molecule has 0 saturated carbocycles. The summed E-state index contributed by atoms with van der Waals surface area (Å²) >= 11 is 3.49. The number of rotatable bonds is 2. The first-order valence-electron chi connectivity index (χ1n) is 6.24. The van der Waals surface area contributed by atoms with E-state index in [9.17, 15) is 0 Å². The summed E-state index contributed by atoms with van der Waals surface area (Å²) in [4.78, 5) is 0. The molecular weight excluding hydrogens is 298 g/mol. The Morgan fingerprint density at radius 2 is 1.47 bits per heavy atom. The lowest BCUT2D eigenvalue weighted by Crippen LogP contribution is -2.11. The van der Waals surface area contributed by atoms with Gasteiger partial charge >= 0.3 is 0 Å². The van der Waals surface area contributed by atoms with Crippen molar-refractivity contribution in [3.05, 3.63) is 82.3 Å². The molecule has 2 N–H and O–H groups in total. The molecule has 0 radical (unpaired) electrons. The van der Waals surface area contributed by atoms with Gasteiger partial charge in [-0.2, -0.15) is 0 Å². The van der Waals surface area contributed by atoms with Crippen molar-refractivity contribution in [2.45, 2.75) is 6.04 Å². The quantitative estimate of drug-likeness (QED) is 0.732.